The van der Waals surface area contributed by atoms with Crippen molar-refractivity contribution in [3.63, 3.8) is 0 Å². The Morgan fingerprint density at radius 1 is 1.13 bits per heavy atom. The molecule has 31 heavy (non-hydrogen) atoms. The Morgan fingerprint density at radius 2 is 1.74 bits per heavy atom. The van der Waals surface area contributed by atoms with Crippen LogP contribution in [0.2, 0.25) is 25.7 Å². The molecule has 1 aromatic rings. The van der Waals surface area contributed by atoms with Gasteiger partial charge >= 0.3 is 11.9 Å². The van der Waals surface area contributed by atoms with Crippen molar-refractivity contribution in [2.45, 2.75) is 51.9 Å². The van der Waals surface area contributed by atoms with Gasteiger partial charge in [-0.2, -0.15) is 0 Å². The van der Waals surface area contributed by atoms with E-state index in [0.29, 0.717) is 41.4 Å². The third-order valence-corrected chi connectivity index (χ3v) is 8.00. The van der Waals surface area contributed by atoms with Gasteiger partial charge in [0.1, 0.15) is 17.3 Å². The summed E-state index contributed by atoms with van der Waals surface area (Å²) in [5.74, 6) is 0.551. The van der Waals surface area contributed by atoms with Crippen molar-refractivity contribution < 1.29 is 28.5 Å². The van der Waals surface area contributed by atoms with Crippen LogP contribution in [0.15, 0.2) is 41.2 Å². The normalized spacial score (nSPS) is 23.1. The number of methoxy groups -OCH3 is 2. The Hall–Kier alpha value is -2.54. The smallest absolute Gasteiger partial charge is 0.338 e. The minimum Gasteiger partial charge on any atom is -0.497 e. The first-order chi connectivity index (χ1) is 14.5. The first-order valence-electron chi connectivity index (χ1n) is 10.6. The highest BCUT2D eigenvalue weighted by Gasteiger charge is 2.59. The number of hydrogen-bond acceptors (Lipinski definition) is 6. The number of rotatable bonds is 7. The summed E-state index contributed by atoms with van der Waals surface area (Å²) < 4.78 is 22.4. The second-order valence-electron chi connectivity index (χ2n) is 9.40. The van der Waals surface area contributed by atoms with Crippen LogP contribution in [0.1, 0.15) is 31.7 Å². The van der Waals surface area contributed by atoms with Crippen LogP contribution in [0.4, 0.5) is 0 Å². The molecule has 3 rings (SSSR count). The molecule has 2 aliphatic rings. The molecule has 1 heterocycles. The molecule has 1 aliphatic heterocycles. The molecule has 0 fully saturated rings. The molecule has 2 atom stereocenters. The zero-order chi connectivity index (χ0) is 23.0. The van der Waals surface area contributed by atoms with E-state index in [1.165, 1.54) is 0 Å². The molecule has 0 radical (unpaired) electrons. The lowest BCUT2D eigenvalue weighted by Crippen LogP contribution is -2.44. The Labute approximate surface area is 185 Å². The fourth-order valence-corrected chi connectivity index (χ4v) is 5.02. The van der Waals surface area contributed by atoms with Gasteiger partial charge in [0.25, 0.3) is 0 Å². The maximum Gasteiger partial charge on any atom is 0.338 e. The van der Waals surface area contributed by atoms with Crippen LogP contribution in [0.25, 0.3) is 0 Å². The zero-order valence-corrected chi connectivity index (χ0v) is 20.5. The predicted octanol–water partition coefficient (Wildman–Crippen LogP) is 4.84. The number of esters is 2. The first kappa shape index (κ1) is 23.1. The largest absolute Gasteiger partial charge is 0.497 e. The van der Waals surface area contributed by atoms with E-state index in [4.69, 9.17) is 18.9 Å². The van der Waals surface area contributed by atoms with Gasteiger partial charge in [0.15, 0.2) is 5.41 Å². The van der Waals surface area contributed by atoms with Crippen LogP contribution in [0.3, 0.4) is 0 Å². The molecule has 0 saturated heterocycles. The number of fused-ring (bicyclic) bond motifs is 1. The third-order valence-electron chi connectivity index (χ3n) is 6.30. The average Bonchev–Trinajstić information content (AvgIpc) is 3.10. The minimum absolute atomic E-state index is 0.297. The van der Waals surface area contributed by atoms with Crippen LogP contribution in [-0.4, -0.2) is 40.8 Å². The van der Waals surface area contributed by atoms with Crippen molar-refractivity contribution in [2.75, 3.05) is 20.8 Å². The lowest BCUT2D eigenvalue weighted by atomic mass is 9.66. The van der Waals surface area contributed by atoms with E-state index in [2.05, 4.69) is 19.6 Å². The summed E-state index contributed by atoms with van der Waals surface area (Å²) in [4.78, 5) is 26.1. The lowest BCUT2D eigenvalue weighted by molar-refractivity contribution is -0.156. The summed E-state index contributed by atoms with van der Waals surface area (Å²) in [6, 6.07) is 6.47. The number of allylic oxidation sites excluding steroid dienone is 1. The molecule has 0 amide bonds. The highest BCUT2D eigenvalue weighted by atomic mass is 28.3. The van der Waals surface area contributed by atoms with Gasteiger partial charge in [-0.05, 0) is 55.7 Å². The van der Waals surface area contributed by atoms with E-state index in [1.807, 2.05) is 25.1 Å². The molecular formula is C24H32O6Si. The summed E-state index contributed by atoms with van der Waals surface area (Å²) in [6.07, 6.45) is 2.37. The van der Waals surface area contributed by atoms with Gasteiger partial charge in [0.2, 0.25) is 0 Å². The van der Waals surface area contributed by atoms with E-state index in [1.54, 1.807) is 27.2 Å². The molecule has 0 saturated carbocycles. The van der Waals surface area contributed by atoms with Gasteiger partial charge in [-0.15, -0.1) is 0 Å². The minimum atomic E-state index is -1.38. The first-order valence-corrected chi connectivity index (χ1v) is 14.3. The van der Waals surface area contributed by atoms with Crippen LogP contribution in [0, 0.1) is 5.41 Å². The maximum atomic E-state index is 13.7. The number of hydrogen-bond donors (Lipinski definition) is 0. The Morgan fingerprint density at radius 3 is 2.29 bits per heavy atom. The average molecular weight is 445 g/mol. The van der Waals surface area contributed by atoms with Gasteiger partial charge in [-0.3, -0.25) is 4.79 Å². The highest BCUT2D eigenvalue weighted by molar-refractivity contribution is 6.76. The van der Waals surface area contributed by atoms with Crippen molar-refractivity contribution >= 4 is 20.0 Å². The van der Waals surface area contributed by atoms with Gasteiger partial charge < -0.3 is 18.9 Å². The van der Waals surface area contributed by atoms with Crippen molar-refractivity contribution in [1.29, 1.82) is 0 Å². The zero-order valence-electron chi connectivity index (χ0n) is 19.5. The number of carbonyl (C=O) groups excluding carboxylic acids is 2. The van der Waals surface area contributed by atoms with Crippen LogP contribution < -0.4 is 9.47 Å². The van der Waals surface area contributed by atoms with Crippen molar-refractivity contribution in [3.05, 3.63) is 46.7 Å². The van der Waals surface area contributed by atoms with E-state index < -0.39 is 19.5 Å². The van der Waals surface area contributed by atoms with Gasteiger partial charge in [0.05, 0.1) is 20.8 Å². The molecule has 1 aliphatic carbocycles. The summed E-state index contributed by atoms with van der Waals surface area (Å²) in [6.45, 7) is 10.6. The second kappa shape index (κ2) is 8.53. The topological polar surface area (TPSA) is 71.1 Å². The molecule has 0 aromatic heterocycles. The molecule has 0 N–H and O–H groups in total. The fourth-order valence-electron chi connectivity index (χ4n) is 4.30. The molecule has 0 bridgehead atoms. The molecular weight excluding hydrogens is 412 g/mol. The summed E-state index contributed by atoms with van der Waals surface area (Å²) >= 11 is 0. The van der Waals surface area contributed by atoms with Crippen molar-refractivity contribution in [3.8, 4) is 11.5 Å². The number of carbonyl (C=O) groups is 2. The monoisotopic (exact) mass is 444 g/mol. The second-order valence-corrected chi connectivity index (χ2v) is 15.0. The third kappa shape index (κ3) is 4.15. The van der Waals surface area contributed by atoms with E-state index in [9.17, 15) is 9.59 Å². The fraction of sp³-hybridized carbons (Fsp3) is 0.500. The molecule has 7 heteroatoms. The Bertz CT molecular complexity index is 933. The molecule has 2 unspecified atom stereocenters. The number of ether oxygens (including phenoxy) is 4. The Balaban J connectivity index is 2.10. The van der Waals surface area contributed by atoms with Crippen molar-refractivity contribution in [1.82, 2.24) is 0 Å². The lowest BCUT2D eigenvalue weighted by Gasteiger charge is -2.40. The maximum absolute atomic E-state index is 13.7. The molecule has 6 nitrogen and oxygen atoms in total. The van der Waals surface area contributed by atoms with E-state index >= 15 is 0 Å². The van der Waals surface area contributed by atoms with Crippen LogP contribution >= 0.6 is 0 Å². The van der Waals surface area contributed by atoms with Gasteiger partial charge in [0, 0.05) is 25.6 Å². The quantitative estimate of drug-likeness (QED) is 0.443. The SMILES string of the molecule is COc1cc(OC)cc(C2CC=C3OC(=O)C(C)=C(C)C32C(=O)OCC[Si](C)(C)C)c1. The summed E-state index contributed by atoms with van der Waals surface area (Å²) in [5.41, 5.74) is 0.822. The summed E-state index contributed by atoms with van der Waals surface area (Å²) in [7, 11) is 1.81. The molecule has 0 spiro atoms. The molecule has 168 valence electrons. The summed E-state index contributed by atoms with van der Waals surface area (Å²) in [5, 5.41) is 0. The van der Waals surface area contributed by atoms with E-state index in [-0.39, 0.29) is 11.9 Å². The number of benzene rings is 1. The predicted molar refractivity (Wildman–Crippen MR) is 121 cm³/mol. The van der Waals surface area contributed by atoms with Gasteiger partial charge in [-0.1, -0.05) is 19.6 Å². The van der Waals surface area contributed by atoms with Crippen molar-refractivity contribution in [2.24, 2.45) is 5.41 Å². The standard InChI is InChI=1S/C24H32O6Si/c1-15-16(2)24(23(26)29-10-11-31(5,6)7)20(8-9-21(24)30-22(15)25)17-12-18(27-3)14-19(13-17)28-4/h9,12-14,20H,8,10-11H2,1-7H3. The van der Waals surface area contributed by atoms with Gasteiger partial charge in [-0.25, -0.2) is 4.79 Å². The van der Waals surface area contributed by atoms with Crippen LogP contribution in [0.5, 0.6) is 11.5 Å². The molecule has 1 aromatic carbocycles. The highest BCUT2D eigenvalue weighted by Crippen LogP contribution is 2.58. The van der Waals surface area contributed by atoms with E-state index in [0.717, 1.165) is 11.6 Å². The van der Waals surface area contributed by atoms with Crippen LogP contribution in [-0.2, 0) is 19.1 Å². The Kier molecular flexibility index (Phi) is 6.37.